The third-order valence-corrected chi connectivity index (χ3v) is 6.58. The summed E-state index contributed by atoms with van der Waals surface area (Å²) in [5, 5.41) is 10.4. The van der Waals surface area contributed by atoms with E-state index in [1.807, 2.05) is 16.8 Å². The van der Waals surface area contributed by atoms with Gasteiger partial charge >= 0.3 is 0 Å². The Morgan fingerprint density at radius 3 is 3.12 bits per heavy atom. The minimum Gasteiger partial charge on any atom is -0.314 e. The third-order valence-electron chi connectivity index (χ3n) is 5.44. The van der Waals surface area contributed by atoms with Crippen molar-refractivity contribution >= 4 is 16.3 Å². The Hall–Kier alpha value is -2.03. The predicted octanol–water partition coefficient (Wildman–Crippen LogP) is 1.50. The Kier molecular flexibility index (Phi) is 4.11. The van der Waals surface area contributed by atoms with E-state index in [1.54, 1.807) is 17.4 Å². The fourth-order valence-electron chi connectivity index (χ4n) is 4.14. The number of rotatable bonds is 3. The number of piperazine rings is 1. The van der Waals surface area contributed by atoms with Crippen LogP contribution in [-0.4, -0.2) is 44.1 Å². The van der Waals surface area contributed by atoms with Crippen LogP contribution in [0.4, 0.5) is 0 Å². The Morgan fingerprint density at radius 1 is 1.31 bits per heavy atom. The van der Waals surface area contributed by atoms with Gasteiger partial charge in [0.25, 0.3) is 5.56 Å². The van der Waals surface area contributed by atoms with Crippen LogP contribution in [0.25, 0.3) is 4.96 Å². The first-order valence-electron chi connectivity index (χ1n) is 9.26. The number of fused-ring (bicyclic) bond motifs is 3. The lowest BCUT2D eigenvalue weighted by Gasteiger charge is -2.35. The molecule has 1 atom stereocenters. The first-order valence-corrected chi connectivity index (χ1v) is 10.1. The SMILES string of the molecule is O=c1cc(CN2CCNCC2c2cn[nH]c2)nc2sc3c(n12)CCCC3. The molecule has 1 aliphatic carbocycles. The van der Waals surface area contributed by atoms with Crippen LogP contribution >= 0.6 is 11.3 Å². The standard InChI is InChI=1S/C18H22N6OS/c25-17-7-13(22-18-24(17)14-3-1-2-4-16(14)26-18)11-23-6-5-19-10-15(23)12-8-20-21-9-12/h7-9,15,19H,1-6,10-11H2,(H,20,21). The van der Waals surface area contributed by atoms with E-state index in [2.05, 4.69) is 20.4 Å². The lowest BCUT2D eigenvalue weighted by Crippen LogP contribution is -2.45. The molecule has 0 radical (unpaired) electrons. The number of aromatic amines is 1. The molecule has 136 valence electrons. The van der Waals surface area contributed by atoms with Gasteiger partial charge in [-0.3, -0.25) is 19.2 Å². The molecule has 3 aromatic heterocycles. The van der Waals surface area contributed by atoms with Crippen molar-refractivity contribution < 1.29 is 0 Å². The van der Waals surface area contributed by atoms with Gasteiger partial charge in [0.2, 0.25) is 0 Å². The van der Waals surface area contributed by atoms with Crippen LogP contribution in [0, 0.1) is 0 Å². The molecule has 1 unspecified atom stereocenters. The fraction of sp³-hybridized carbons (Fsp3) is 0.500. The summed E-state index contributed by atoms with van der Waals surface area (Å²) in [6.45, 7) is 3.45. The van der Waals surface area contributed by atoms with Crippen LogP contribution in [0.2, 0.25) is 0 Å². The van der Waals surface area contributed by atoms with Crippen LogP contribution in [0.3, 0.4) is 0 Å². The molecule has 4 heterocycles. The van der Waals surface area contributed by atoms with Gasteiger partial charge in [0, 0.05) is 54.6 Å². The molecule has 2 N–H and O–H groups in total. The maximum absolute atomic E-state index is 12.8. The van der Waals surface area contributed by atoms with E-state index in [0.717, 1.165) is 43.1 Å². The van der Waals surface area contributed by atoms with Crippen LogP contribution in [0.15, 0.2) is 23.3 Å². The maximum atomic E-state index is 12.8. The number of aromatic nitrogens is 4. The second-order valence-corrected chi connectivity index (χ2v) is 8.17. The lowest BCUT2D eigenvalue weighted by atomic mass is 10.0. The molecule has 26 heavy (non-hydrogen) atoms. The highest BCUT2D eigenvalue weighted by Crippen LogP contribution is 2.29. The first kappa shape index (κ1) is 16.2. The molecule has 7 nitrogen and oxygen atoms in total. The highest BCUT2D eigenvalue weighted by Gasteiger charge is 2.26. The average molecular weight is 370 g/mol. The van der Waals surface area contributed by atoms with Crippen molar-refractivity contribution in [1.29, 1.82) is 0 Å². The molecule has 0 aromatic carbocycles. The molecule has 0 spiro atoms. The first-order chi connectivity index (χ1) is 12.8. The van der Waals surface area contributed by atoms with Gasteiger partial charge < -0.3 is 5.32 Å². The number of nitrogens with zero attached hydrogens (tertiary/aromatic N) is 4. The van der Waals surface area contributed by atoms with E-state index >= 15 is 0 Å². The molecular formula is C18H22N6OS. The van der Waals surface area contributed by atoms with Gasteiger partial charge in [-0.1, -0.05) is 0 Å². The summed E-state index contributed by atoms with van der Waals surface area (Å²) in [6.07, 6.45) is 8.29. The zero-order chi connectivity index (χ0) is 17.5. The van der Waals surface area contributed by atoms with Gasteiger partial charge in [-0.15, -0.1) is 11.3 Å². The van der Waals surface area contributed by atoms with E-state index in [9.17, 15) is 4.79 Å². The Bertz CT molecular complexity index is 976. The van der Waals surface area contributed by atoms with E-state index < -0.39 is 0 Å². The summed E-state index contributed by atoms with van der Waals surface area (Å²) in [6, 6.07) is 1.97. The fourth-order valence-corrected chi connectivity index (χ4v) is 5.37. The summed E-state index contributed by atoms with van der Waals surface area (Å²) in [5.74, 6) is 0. The number of aryl methyl sites for hydroxylation is 2. The van der Waals surface area contributed by atoms with E-state index in [0.29, 0.717) is 6.54 Å². The monoisotopic (exact) mass is 370 g/mol. The van der Waals surface area contributed by atoms with Crippen molar-refractivity contribution in [2.24, 2.45) is 0 Å². The summed E-state index contributed by atoms with van der Waals surface area (Å²) < 4.78 is 1.84. The maximum Gasteiger partial charge on any atom is 0.259 e. The minimum absolute atomic E-state index is 0.0689. The van der Waals surface area contributed by atoms with Gasteiger partial charge in [-0.05, 0) is 25.7 Å². The topological polar surface area (TPSA) is 78.3 Å². The highest BCUT2D eigenvalue weighted by atomic mass is 32.1. The van der Waals surface area contributed by atoms with Gasteiger partial charge in [0.05, 0.1) is 17.9 Å². The molecule has 0 bridgehead atoms. The molecule has 2 aliphatic rings. The molecule has 5 rings (SSSR count). The predicted molar refractivity (Wildman–Crippen MR) is 101 cm³/mol. The van der Waals surface area contributed by atoms with E-state index in [1.165, 1.54) is 29.0 Å². The summed E-state index contributed by atoms with van der Waals surface area (Å²) in [4.78, 5) is 22.2. The molecule has 1 saturated heterocycles. The summed E-state index contributed by atoms with van der Waals surface area (Å²) in [5.41, 5.74) is 3.30. The largest absolute Gasteiger partial charge is 0.314 e. The van der Waals surface area contributed by atoms with Gasteiger partial charge in [-0.2, -0.15) is 5.10 Å². The smallest absolute Gasteiger partial charge is 0.259 e. The second kappa shape index (κ2) is 6.61. The zero-order valence-corrected chi connectivity index (χ0v) is 15.4. The molecule has 8 heteroatoms. The van der Waals surface area contributed by atoms with Crippen molar-refractivity contribution in [2.75, 3.05) is 19.6 Å². The Balaban J connectivity index is 1.48. The normalized spacial score (nSPS) is 21.2. The number of thiazole rings is 1. The summed E-state index contributed by atoms with van der Waals surface area (Å²) >= 11 is 1.69. The van der Waals surface area contributed by atoms with Crippen LogP contribution in [0.1, 0.15) is 40.7 Å². The lowest BCUT2D eigenvalue weighted by molar-refractivity contribution is 0.152. The Morgan fingerprint density at radius 2 is 2.23 bits per heavy atom. The van der Waals surface area contributed by atoms with Crippen molar-refractivity contribution in [2.45, 2.75) is 38.3 Å². The van der Waals surface area contributed by atoms with Crippen molar-refractivity contribution in [3.63, 3.8) is 0 Å². The van der Waals surface area contributed by atoms with Gasteiger partial charge in [0.15, 0.2) is 4.96 Å². The van der Waals surface area contributed by atoms with Crippen LogP contribution in [-0.2, 0) is 19.4 Å². The molecule has 0 amide bonds. The van der Waals surface area contributed by atoms with Crippen LogP contribution in [0.5, 0.6) is 0 Å². The van der Waals surface area contributed by atoms with Gasteiger partial charge in [-0.25, -0.2) is 4.98 Å². The van der Waals surface area contributed by atoms with E-state index in [-0.39, 0.29) is 11.6 Å². The van der Waals surface area contributed by atoms with Crippen molar-refractivity contribution in [1.82, 2.24) is 29.8 Å². The molecule has 1 fully saturated rings. The second-order valence-electron chi connectivity index (χ2n) is 7.10. The van der Waals surface area contributed by atoms with Crippen molar-refractivity contribution in [3.8, 4) is 0 Å². The number of hydrogen-bond acceptors (Lipinski definition) is 6. The number of nitrogens with one attached hydrogen (secondary N) is 2. The number of H-pyrrole nitrogens is 1. The third kappa shape index (κ3) is 2.78. The molecular weight excluding hydrogens is 348 g/mol. The molecule has 0 saturated carbocycles. The highest BCUT2D eigenvalue weighted by molar-refractivity contribution is 7.17. The average Bonchev–Trinajstić information content (AvgIpc) is 3.29. The van der Waals surface area contributed by atoms with Gasteiger partial charge in [0.1, 0.15) is 0 Å². The van der Waals surface area contributed by atoms with Crippen molar-refractivity contribution in [3.05, 3.63) is 50.6 Å². The minimum atomic E-state index is 0.0689. The molecule has 3 aromatic rings. The molecule has 1 aliphatic heterocycles. The number of hydrogen-bond donors (Lipinski definition) is 2. The van der Waals surface area contributed by atoms with Crippen LogP contribution < -0.4 is 10.9 Å². The quantitative estimate of drug-likeness (QED) is 0.731. The Labute approximate surface area is 155 Å². The summed E-state index contributed by atoms with van der Waals surface area (Å²) in [7, 11) is 0. The zero-order valence-electron chi connectivity index (χ0n) is 14.6. The van der Waals surface area contributed by atoms with E-state index in [4.69, 9.17) is 4.98 Å².